The van der Waals surface area contributed by atoms with Gasteiger partial charge in [0.25, 0.3) is 0 Å². The number of rotatable bonds is 2. The van der Waals surface area contributed by atoms with E-state index in [2.05, 4.69) is 31.5 Å². The first kappa shape index (κ1) is 9.39. The lowest BCUT2D eigenvalue weighted by Gasteiger charge is -2.26. The summed E-state index contributed by atoms with van der Waals surface area (Å²) in [5.41, 5.74) is 6.56. The molecule has 1 unspecified atom stereocenters. The predicted octanol–water partition coefficient (Wildman–Crippen LogP) is 2.29. The second-order valence-corrected chi connectivity index (χ2v) is 4.55. The Morgan fingerprint density at radius 3 is 3.00 bits per heavy atom. The van der Waals surface area contributed by atoms with Crippen molar-refractivity contribution in [2.45, 2.75) is 25.0 Å². The lowest BCUT2D eigenvalue weighted by molar-refractivity contribution is 0.751. The smallest absolute Gasteiger partial charge is 0.159 e. The first-order valence-corrected chi connectivity index (χ1v) is 4.80. The van der Waals surface area contributed by atoms with Crippen molar-refractivity contribution in [2.75, 3.05) is 0 Å². The minimum absolute atomic E-state index is 0.0926. The molecule has 1 heterocycles. The van der Waals surface area contributed by atoms with Gasteiger partial charge in [-0.15, -0.1) is 0 Å². The van der Waals surface area contributed by atoms with Gasteiger partial charge >= 0.3 is 0 Å². The average Bonchev–Trinajstić information content (AvgIpc) is 2.03. The Balaban J connectivity index is 2.95. The molecule has 3 heteroatoms. The van der Waals surface area contributed by atoms with Gasteiger partial charge in [0.2, 0.25) is 0 Å². The Hall–Kier alpha value is -0.700. The van der Waals surface area contributed by atoms with E-state index in [1.165, 1.54) is 0 Å². The third kappa shape index (κ3) is 1.91. The van der Waals surface area contributed by atoms with Crippen LogP contribution in [0.15, 0.2) is 29.4 Å². The van der Waals surface area contributed by atoms with Crippen LogP contribution in [0, 0.1) is 0 Å². The highest BCUT2D eigenvalue weighted by Gasteiger charge is 2.25. The van der Waals surface area contributed by atoms with E-state index >= 15 is 0 Å². The number of amidine groups is 1. The zero-order valence-electron chi connectivity index (χ0n) is 7.50. The highest BCUT2D eigenvalue weighted by Crippen LogP contribution is 2.34. The minimum atomic E-state index is 0.0926. The average molecular weight is 182 g/mol. The molecule has 0 aromatic rings. The molecule has 0 bridgehead atoms. The van der Waals surface area contributed by atoms with Gasteiger partial charge < -0.3 is 5.73 Å². The van der Waals surface area contributed by atoms with E-state index in [9.17, 15) is 0 Å². The minimum Gasteiger partial charge on any atom is -0.378 e. The molecule has 0 aliphatic carbocycles. The number of nitrogens with two attached hydrogens (primary N) is 1. The fourth-order valence-electron chi connectivity index (χ4n) is 1.04. The Bertz CT molecular complexity index is 255. The van der Waals surface area contributed by atoms with Crippen LogP contribution in [0.3, 0.4) is 0 Å². The van der Waals surface area contributed by atoms with E-state index in [-0.39, 0.29) is 4.75 Å². The molecule has 0 fully saturated rings. The van der Waals surface area contributed by atoms with E-state index in [0.29, 0.717) is 5.17 Å². The molecule has 0 spiro atoms. The van der Waals surface area contributed by atoms with Gasteiger partial charge in [-0.1, -0.05) is 25.3 Å². The van der Waals surface area contributed by atoms with E-state index in [1.807, 2.05) is 0 Å². The van der Waals surface area contributed by atoms with Crippen LogP contribution in [0.25, 0.3) is 0 Å². The summed E-state index contributed by atoms with van der Waals surface area (Å²) in [6, 6.07) is 0. The second kappa shape index (κ2) is 3.35. The van der Waals surface area contributed by atoms with Crippen molar-refractivity contribution >= 4 is 16.9 Å². The summed E-state index contributed by atoms with van der Waals surface area (Å²) in [5.74, 6) is 0. The molecular formula is C9H14N2S. The molecule has 2 N–H and O–H groups in total. The fraction of sp³-hybridized carbons (Fsp3) is 0.444. The van der Waals surface area contributed by atoms with Gasteiger partial charge in [0.15, 0.2) is 5.17 Å². The van der Waals surface area contributed by atoms with E-state index in [4.69, 9.17) is 5.73 Å². The van der Waals surface area contributed by atoms with E-state index < -0.39 is 0 Å². The number of thioether (sulfide) groups is 1. The summed E-state index contributed by atoms with van der Waals surface area (Å²) in [6.45, 7) is 7.98. The number of hydrogen-bond acceptors (Lipinski definition) is 3. The normalized spacial score (nSPS) is 29.2. The standard InChI is InChI=1S/C9H14N2S/c1-4-7-6-9(3,5-2)12-8(10)11-7/h4,6H,1,5H2,2-3H3,(H2,10,11). The Morgan fingerprint density at radius 1 is 1.83 bits per heavy atom. The van der Waals surface area contributed by atoms with Crippen LogP contribution in [0.5, 0.6) is 0 Å². The van der Waals surface area contributed by atoms with Crippen molar-refractivity contribution in [3.05, 3.63) is 24.4 Å². The van der Waals surface area contributed by atoms with Crippen molar-refractivity contribution in [1.82, 2.24) is 0 Å². The quantitative estimate of drug-likeness (QED) is 0.711. The van der Waals surface area contributed by atoms with Crippen molar-refractivity contribution in [3.8, 4) is 0 Å². The zero-order chi connectivity index (χ0) is 9.19. The van der Waals surface area contributed by atoms with Gasteiger partial charge in [-0.05, 0) is 25.5 Å². The summed E-state index contributed by atoms with van der Waals surface area (Å²) in [4.78, 5) is 4.14. The van der Waals surface area contributed by atoms with Gasteiger partial charge in [-0.2, -0.15) is 0 Å². The molecule has 0 aromatic carbocycles. The van der Waals surface area contributed by atoms with Crippen LogP contribution in [0.2, 0.25) is 0 Å². The van der Waals surface area contributed by atoms with Crippen LogP contribution in [0.4, 0.5) is 0 Å². The maximum atomic E-state index is 5.68. The van der Waals surface area contributed by atoms with Crippen molar-refractivity contribution < 1.29 is 0 Å². The summed E-state index contributed by atoms with van der Waals surface area (Å²) < 4.78 is 0.0926. The topological polar surface area (TPSA) is 38.4 Å². The fourth-order valence-corrected chi connectivity index (χ4v) is 2.00. The zero-order valence-corrected chi connectivity index (χ0v) is 8.32. The molecule has 0 saturated heterocycles. The number of nitrogens with zero attached hydrogens (tertiary/aromatic N) is 1. The number of aliphatic imine (C=N–C) groups is 1. The Morgan fingerprint density at radius 2 is 2.50 bits per heavy atom. The molecular weight excluding hydrogens is 168 g/mol. The van der Waals surface area contributed by atoms with Crippen molar-refractivity contribution in [3.63, 3.8) is 0 Å². The summed E-state index contributed by atoms with van der Waals surface area (Å²) >= 11 is 1.61. The third-order valence-corrected chi connectivity index (χ3v) is 3.11. The van der Waals surface area contributed by atoms with Gasteiger partial charge in [0, 0.05) is 4.75 Å². The molecule has 12 heavy (non-hydrogen) atoms. The maximum Gasteiger partial charge on any atom is 0.159 e. The van der Waals surface area contributed by atoms with Gasteiger partial charge in [0.1, 0.15) is 0 Å². The number of hydrogen-bond donors (Lipinski definition) is 1. The predicted molar refractivity (Wildman–Crippen MR) is 56.2 cm³/mol. The molecule has 0 amide bonds. The van der Waals surface area contributed by atoms with Crippen LogP contribution < -0.4 is 5.73 Å². The molecule has 1 aliphatic heterocycles. The Labute approximate surface area is 77.6 Å². The maximum absolute atomic E-state index is 5.68. The molecule has 66 valence electrons. The van der Waals surface area contributed by atoms with Crippen molar-refractivity contribution in [2.24, 2.45) is 10.7 Å². The van der Waals surface area contributed by atoms with Gasteiger partial charge in [0.05, 0.1) is 5.70 Å². The largest absolute Gasteiger partial charge is 0.378 e. The van der Waals surface area contributed by atoms with Gasteiger partial charge in [-0.25, -0.2) is 4.99 Å². The lowest BCUT2D eigenvalue weighted by Crippen LogP contribution is -2.25. The van der Waals surface area contributed by atoms with E-state index in [1.54, 1.807) is 17.8 Å². The summed E-state index contributed by atoms with van der Waals surface area (Å²) in [5, 5.41) is 0.636. The second-order valence-electron chi connectivity index (χ2n) is 2.99. The highest BCUT2D eigenvalue weighted by molar-refractivity contribution is 8.15. The molecule has 1 rings (SSSR count). The van der Waals surface area contributed by atoms with Gasteiger partial charge in [-0.3, -0.25) is 0 Å². The van der Waals surface area contributed by atoms with Crippen LogP contribution in [0.1, 0.15) is 20.3 Å². The first-order chi connectivity index (χ1) is 5.59. The molecule has 2 nitrogen and oxygen atoms in total. The van der Waals surface area contributed by atoms with Crippen molar-refractivity contribution in [1.29, 1.82) is 0 Å². The Kier molecular flexibility index (Phi) is 2.62. The molecule has 1 atom stereocenters. The first-order valence-electron chi connectivity index (χ1n) is 3.98. The number of allylic oxidation sites excluding steroid dienone is 1. The van der Waals surface area contributed by atoms with E-state index in [0.717, 1.165) is 12.1 Å². The summed E-state index contributed by atoms with van der Waals surface area (Å²) in [7, 11) is 0. The van der Waals surface area contributed by atoms with Crippen LogP contribution >= 0.6 is 11.8 Å². The van der Waals surface area contributed by atoms with Crippen LogP contribution in [-0.2, 0) is 0 Å². The molecule has 0 aromatic heterocycles. The molecule has 0 radical (unpaired) electrons. The summed E-state index contributed by atoms with van der Waals surface area (Å²) in [6.07, 6.45) is 4.90. The van der Waals surface area contributed by atoms with Crippen LogP contribution in [-0.4, -0.2) is 9.91 Å². The third-order valence-electron chi connectivity index (χ3n) is 1.94. The molecule has 0 saturated carbocycles. The highest BCUT2D eigenvalue weighted by atomic mass is 32.2. The monoisotopic (exact) mass is 182 g/mol. The SMILES string of the molecule is C=CC1=CC(C)(CC)SC(N)=N1. The lowest BCUT2D eigenvalue weighted by atomic mass is 10.1. The molecule has 1 aliphatic rings.